The highest BCUT2D eigenvalue weighted by molar-refractivity contribution is 5.73. The van der Waals surface area contributed by atoms with Gasteiger partial charge in [-0.05, 0) is 25.8 Å². The Bertz CT molecular complexity index is 709. The standard InChI is InChI=1S/C15H22F2N6O/c1-10-12(11(2)22(4)20-10)5-6-19-15(24)21(3)9-13-18-7-8-23(13)14(16)17/h7-8,14H,5-6,9H2,1-4H3,(H,19,24). The van der Waals surface area contributed by atoms with Crippen molar-refractivity contribution < 1.29 is 13.6 Å². The van der Waals surface area contributed by atoms with Crippen LogP contribution in [0.1, 0.15) is 29.3 Å². The second-order valence-electron chi connectivity index (χ2n) is 5.64. The third-order valence-corrected chi connectivity index (χ3v) is 3.99. The van der Waals surface area contributed by atoms with Gasteiger partial charge in [-0.2, -0.15) is 13.9 Å². The Morgan fingerprint density at radius 1 is 1.42 bits per heavy atom. The molecule has 0 aliphatic carbocycles. The quantitative estimate of drug-likeness (QED) is 0.875. The van der Waals surface area contributed by atoms with Crippen molar-refractivity contribution in [3.05, 3.63) is 35.2 Å². The lowest BCUT2D eigenvalue weighted by atomic mass is 10.1. The molecule has 0 radical (unpaired) electrons. The van der Waals surface area contributed by atoms with Gasteiger partial charge in [0.15, 0.2) is 0 Å². The molecule has 2 aromatic rings. The van der Waals surface area contributed by atoms with Crippen LogP contribution in [0.5, 0.6) is 0 Å². The third kappa shape index (κ3) is 3.90. The minimum absolute atomic E-state index is 0.00806. The number of aryl methyl sites for hydroxylation is 2. The largest absolute Gasteiger partial charge is 0.338 e. The van der Waals surface area contributed by atoms with E-state index in [-0.39, 0.29) is 18.4 Å². The molecule has 2 amide bonds. The van der Waals surface area contributed by atoms with Crippen molar-refractivity contribution in [1.82, 2.24) is 29.5 Å². The van der Waals surface area contributed by atoms with Gasteiger partial charge in [0.2, 0.25) is 0 Å². The Labute approximate surface area is 139 Å². The Balaban J connectivity index is 1.87. The van der Waals surface area contributed by atoms with E-state index in [0.717, 1.165) is 21.5 Å². The van der Waals surface area contributed by atoms with E-state index in [1.54, 1.807) is 7.05 Å². The first kappa shape index (κ1) is 17.9. The van der Waals surface area contributed by atoms with Crippen LogP contribution >= 0.6 is 0 Å². The third-order valence-electron chi connectivity index (χ3n) is 3.99. The van der Waals surface area contributed by atoms with E-state index >= 15 is 0 Å². The van der Waals surface area contributed by atoms with Crippen LogP contribution in [0, 0.1) is 13.8 Å². The molecule has 0 fully saturated rings. The molecular weight excluding hydrogens is 318 g/mol. The molecule has 0 atom stereocenters. The zero-order valence-electron chi connectivity index (χ0n) is 14.3. The van der Waals surface area contributed by atoms with Gasteiger partial charge in [-0.25, -0.2) is 9.78 Å². The number of nitrogens with zero attached hydrogens (tertiary/aromatic N) is 5. The molecule has 2 rings (SSSR count). The summed E-state index contributed by atoms with van der Waals surface area (Å²) >= 11 is 0. The average Bonchev–Trinajstić information content (AvgIpc) is 3.06. The molecule has 7 nitrogen and oxygen atoms in total. The van der Waals surface area contributed by atoms with E-state index in [0.29, 0.717) is 13.0 Å². The van der Waals surface area contributed by atoms with E-state index in [1.807, 2.05) is 25.6 Å². The van der Waals surface area contributed by atoms with Crippen molar-refractivity contribution >= 4 is 6.03 Å². The average molecular weight is 340 g/mol. The lowest BCUT2D eigenvalue weighted by Crippen LogP contribution is -2.38. The molecule has 0 bridgehead atoms. The van der Waals surface area contributed by atoms with Crippen LogP contribution in [0.25, 0.3) is 0 Å². The Morgan fingerprint density at radius 3 is 2.71 bits per heavy atom. The first-order valence-electron chi connectivity index (χ1n) is 7.59. The molecule has 0 aliphatic rings. The van der Waals surface area contributed by atoms with Crippen LogP contribution in [0.3, 0.4) is 0 Å². The number of aromatic nitrogens is 4. The van der Waals surface area contributed by atoms with E-state index in [9.17, 15) is 13.6 Å². The van der Waals surface area contributed by atoms with Crippen LogP contribution in [0.4, 0.5) is 13.6 Å². The summed E-state index contributed by atoms with van der Waals surface area (Å²) in [6, 6.07) is -0.335. The highest BCUT2D eigenvalue weighted by atomic mass is 19.3. The van der Waals surface area contributed by atoms with Gasteiger partial charge in [0, 0.05) is 38.7 Å². The molecule has 0 unspecified atom stereocenters. The van der Waals surface area contributed by atoms with Crippen LogP contribution in [0.15, 0.2) is 12.4 Å². The molecule has 24 heavy (non-hydrogen) atoms. The highest BCUT2D eigenvalue weighted by Gasteiger charge is 2.16. The predicted octanol–water partition coefficient (Wildman–Crippen LogP) is 2.01. The summed E-state index contributed by atoms with van der Waals surface area (Å²) in [7, 11) is 3.42. The van der Waals surface area contributed by atoms with Crippen LogP contribution < -0.4 is 5.32 Å². The fraction of sp³-hybridized carbons (Fsp3) is 0.533. The van der Waals surface area contributed by atoms with Crippen molar-refractivity contribution in [1.29, 1.82) is 0 Å². The maximum Gasteiger partial charge on any atom is 0.319 e. The van der Waals surface area contributed by atoms with Gasteiger partial charge >= 0.3 is 12.6 Å². The summed E-state index contributed by atoms with van der Waals surface area (Å²) in [6.07, 6.45) is 3.15. The second-order valence-corrected chi connectivity index (χ2v) is 5.64. The van der Waals surface area contributed by atoms with Gasteiger partial charge in [0.25, 0.3) is 0 Å². The number of amides is 2. The number of urea groups is 1. The molecule has 0 aromatic carbocycles. The monoisotopic (exact) mass is 340 g/mol. The molecule has 2 aromatic heterocycles. The zero-order chi connectivity index (χ0) is 17.9. The molecule has 2 heterocycles. The molecule has 9 heteroatoms. The Kier molecular flexibility index (Phi) is 5.53. The van der Waals surface area contributed by atoms with Gasteiger partial charge in [-0.1, -0.05) is 0 Å². The SMILES string of the molecule is Cc1nn(C)c(C)c1CCNC(=O)N(C)Cc1nccn1C(F)F. The van der Waals surface area contributed by atoms with Crippen molar-refractivity contribution in [3.63, 3.8) is 0 Å². The maximum atomic E-state index is 12.8. The lowest BCUT2D eigenvalue weighted by molar-refractivity contribution is 0.0651. The number of hydrogen-bond donors (Lipinski definition) is 1. The fourth-order valence-electron chi connectivity index (χ4n) is 2.54. The first-order chi connectivity index (χ1) is 11.3. The molecule has 0 spiro atoms. The van der Waals surface area contributed by atoms with E-state index < -0.39 is 6.55 Å². The lowest BCUT2D eigenvalue weighted by Gasteiger charge is -2.18. The molecule has 0 aliphatic heterocycles. The molecule has 132 valence electrons. The predicted molar refractivity (Wildman–Crippen MR) is 84.7 cm³/mol. The number of rotatable bonds is 6. The highest BCUT2D eigenvalue weighted by Crippen LogP contribution is 2.14. The summed E-state index contributed by atoms with van der Waals surface area (Å²) in [4.78, 5) is 17.3. The smallest absolute Gasteiger partial charge is 0.319 e. The van der Waals surface area contributed by atoms with Crippen molar-refractivity contribution in [3.8, 4) is 0 Å². The topological polar surface area (TPSA) is 68.0 Å². The van der Waals surface area contributed by atoms with Crippen LogP contribution in [0.2, 0.25) is 0 Å². The molecule has 0 saturated carbocycles. The fourth-order valence-corrected chi connectivity index (χ4v) is 2.54. The molecular formula is C15H22F2N6O. The van der Waals surface area contributed by atoms with E-state index in [1.165, 1.54) is 17.3 Å². The van der Waals surface area contributed by atoms with Crippen molar-refractivity contribution in [2.75, 3.05) is 13.6 Å². The van der Waals surface area contributed by atoms with Gasteiger partial charge in [-0.3, -0.25) is 9.25 Å². The summed E-state index contributed by atoms with van der Waals surface area (Å²) < 4.78 is 28.1. The molecule has 1 N–H and O–H groups in total. The minimum Gasteiger partial charge on any atom is -0.338 e. The Morgan fingerprint density at radius 2 is 2.12 bits per heavy atom. The number of alkyl halides is 2. The number of nitrogens with one attached hydrogen (secondary N) is 1. The van der Waals surface area contributed by atoms with Gasteiger partial charge < -0.3 is 10.2 Å². The number of halogens is 2. The maximum absolute atomic E-state index is 12.8. The van der Waals surface area contributed by atoms with Gasteiger partial charge in [0.05, 0.1) is 12.2 Å². The van der Waals surface area contributed by atoms with E-state index in [4.69, 9.17) is 0 Å². The summed E-state index contributed by atoms with van der Waals surface area (Å²) in [5.41, 5.74) is 3.11. The number of imidazole rings is 1. The van der Waals surface area contributed by atoms with E-state index in [2.05, 4.69) is 15.4 Å². The zero-order valence-corrected chi connectivity index (χ0v) is 14.3. The van der Waals surface area contributed by atoms with Gasteiger partial charge in [0.1, 0.15) is 5.82 Å². The summed E-state index contributed by atoms with van der Waals surface area (Å²) in [5.74, 6) is 0.140. The second kappa shape index (κ2) is 7.41. The minimum atomic E-state index is -2.67. The number of carbonyl (C=O) groups excluding carboxylic acids is 1. The van der Waals surface area contributed by atoms with Crippen LogP contribution in [-0.4, -0.2) is 43.9 Å². The molecule has 0 saturated heterocycles. The van der Waals surface area contributed by atoms with Gasteiger partial charge in [-0.15, -0.1) is 0 Å². The Hall–Kier alpha value is -2.45. The van der Waals surface area contributed by atoms with Crippen LogP contribution in [-0.2, 0) is 20.0 Å². The number of carbonyl (C=O) groups is 1. The van der Waals surface area contributed by atoms with Crippen molar-refractivity contribution in [2.24, 2.45) is 7.05 Å². The normalized spacial score (nSPS) is 11.1. The first-order valence-corrected chi connectivity index (χ1v) is 7.59. The number of hydrogen-bond acceptors (Lipinski definition) is 3. The summed E-state index contributed by atoms with van der Waals surface area (Å²) in [6.45, 7) is 1.69. The van der Waals surface area contributed by atoms with Crippen molar-refractivity contribution in [2.45, 2.75) is 33.4 Å². The summed E-state index contributed by atoms with van der Waals surface area (Å²) in [5, 5.41) is 7.11.